The van der Waals surface area contributed by atoms with Gasteiger partial charge in [0.05, 0.1) is 12.8 Å². The molecule has 8 heteroatoms. The minimum absolute atomic E-state index is 0.137. The second kappa shape index (κ2) is 7.73. The zero-order valence-electron chi connectivity index (χ0n) is 16.8. The van der Waals surface area contributed by atoms with Gasteiger partial charge in [0.1, 0.15) is 30.6 Å². The molecule has 0 radical (unpaired) electrons. The lowest BCUT2D eigenvalue weighted by Gasteiger charge is -2.40. The third kappa shape index (κ3) is 3.32. The highest BCUT2D eigenvalue weighted by Gasteiger charge is 2.54. The Hall–Kier alpha value is -0.770. The van der Waals surface area contributed by atoms with Gasteiger partial charge in [-0.25, -0.2) is 0 Å². The van der Waals surface area contributed by atoms with Gasteiger partial charge in [-0.1, -0.05) is 17.7 Å². The number of ether oxygens (including phenoxy) is 2. The van der Waals surface area contributed by atoms with E-state index < -0.39 is 30.6 Å². The SMILES string of the molecule is Cc1cc2c(cc1Cl)CCO[C@H]2[C@H]1O[C@@H](N2CCC3C(C)NCNC32)[C@H](O)[C@@H]1O. The van der Waals surface area contributed by atoms with Gasteiger partial charge in [-0.2, -0.15) is 0 Å². The molecule has 1 aromatic rings. The van der Waals surface area contributed by atoms with E-state index >= 15 is 0 Å². The summed E-state index contributed by atoms with van der Waals surface area (Å²) >= 11 is 6.31. The summed E-state index contributed by atoms with van der Waals surface area (Å²) in [4.78, 5) is 2.17. The van der Waals surface area contributed by atoms with Gasteiger partial charge in [-0.05, 0) is 49.4 Å². The Morgan fingerprint density at radius 2 is 2.03 bits per heavy atom. The number of aliphatic hydroxyl groups excluding tert-OH is 2. The van der Waals surface area contributed by atoms with Crippen molar-refractivity contribution in [2.45, 2.75) is 69.5 Å². The van der Waals surface area contributed by atoms with Crippen LogP contribution < -0.4 is 10.6 Å². The highest BCUT2D eigenvalue weighted by Crippen LogP contribution is 2.41. The number of likely N-dealkylation sites (tertiary alicyclic amines) is 1. The average molecular weight is 424 g/mol. The van der Waals surface area contributed by atoms with E-state index in [9.17, 15) is 10.2 Å². The standard InChI is InChI=1S/C21H30ClN3O4/c1-10-7-14-12(8-15(10)22)4-6-28-18(14)19-16(26)17(27)21(29-19)25-5-3-13-11(2)23-9-24-20(13)25/h7-8,11,13,16-21,23-24,26-27H,3-6,9H2,1-2H3/t11?,13?,16-,17+,18+,19-,20?,21+/m0/s1. The van der Waals surface area contributed by atoms with E-state index in [1.165, 1.54) is 0 Å². The number of hydrogen-bond donors (Lipinski definition) is 4. The minimum atomic E-state index is -1.01. The summed E-state index contributed by atoms with van der Waals surface area (Å²) in [5.74, 6) is 0.451. The summed E-state index contributed by atoms with van der Waals surface area (Å²) in [7, 11) is 0. The van der Waals surface area contributed by atoms with Gasteiger partial charge in [-0.3, -0.25) is 10.2 Å². The van der Waals surface area contributed by atoms with Crippen molar-refractivity contribution >= 4 is 11.6 Å². The molecule has 5 rings (SSSR count). The molecule has 0 spiro atoms. The molecule has 0 aromatic heterocycles. The number of halogens is 1. The first-order chi connectivity index (χ1) is 14.0. The summed E-state index contributed by atoms with van der Waals surface area (Å²) in [6.07, 6.45) is -1.62. The maximum Gasteiger partial charge on any atom is 0.141 e. The van der Waals surface area contributed by atoms with E-state index in [1.54, 1.807) is 0 Å². The molecule has 0 saturated carbocycles. The van der Waals surface area contributed by atoms with E-state index in [0.29, 0.717) is 18.6 Å². The molecule has 7 nitrogen and oxygen atoms in total. The van der Waals surface area contributed by atoms with Gasteiger partial charge in [-0.15, -0.1) is 0 Å². The Bertz CT molecular complexity index is 781. The number of fused-ring (bicyclic) bond motifs is 2. The van der Waals surface area contributed by atoms with Gasteiger partial charge < -0.3 is 25.0 Å². The number of nitrogens with zero attached hydrogens (tertiary/aromatic N) is 1. The van der Waals surface area contributed by atoms with Crippen LogP contribution in [0.5, 0.6) is 0 Å². The van der Waals surface area contributed by atoms with Crippen LogP contribution in [0.2, 0.25) is 5.02 Å². The van der Waals surface area contributed by atoms with E-state index in [1.807, 2.05) is 19.1 Å². The fraction of sp³-hybridized carbons (Fsp3) is 0.714. The summed E-state index contributed by atoms with van der Waals surface area (Å²) in [5.41, 5.74) is 3.10. The highest BCUT2D eigenvalue weighted by molar-refractivity contribution is 6.31. The van der Waals surface area contributed by atoms with Gasteiger partial charge in [0.15, 0.2) is 0 Å². The number of nitrogens with one attached hydrogen (secondary N) is 2. The Morgan fingerprint density at radius 1 is 1.21 bits per heavy atom. The highest BCUT2D eigenvalue weighted by atomic mass is 35.5. The van der Waals surface area contributed by atoms with Crippen LogP contribution in [-0.2, 0) is 15.9 Å². The van der Waals surface area contributed by atoms with Crippen LogP contribution >= 0.6 is 11.6 Å². The Morgan fingerprint density at radius 3 is 2.86 bits per heavy atom. The van der Waals surface area contributed by atoms with Crippen molar-refractivity contribution in [2.75, 3.05) is 19.8 Å². The first kappa shape index (κ1) is 20.2. The summed E-state index contributed by atoms with van der Waals surface area (Å²) in [6.45, 7) is 6.26. The van der Waals surface area contributed by atoms with Crippen molar-refractivity contribution in [2.24, 2.45) is 5.92 Å². The lowest BCUT2D eigenvalue weighted by molar-refractivity contribution is -0.141. The molecule has 1 aromatic carbocycles. The lowest BCUT2D eigenvalue weighted by atomic mass is 9.90. The van der Waals surface area contributed by atoms with Crippen LogP contribution in [0.4, 0.5) is 0 Å². The molecule has 8 atom stereocenters. The van der Waals surface area contributed by atoms with Crippen molar-refractivity contribution in [3.8, 4) is 0 Å². The average Bonchev–Trinajstić information content (AvgIpc) is 3.25. The molecular formula is C21H30ClN3O4. The molecule has 4 aliphatic rings. The van der Waals surface area contributed by atoms with E-state index in [-0.39, 0.29) is 6.17 Å². The first-order valence-corrected chi connectivity index (χ1v) is 11.0. The number of benzene rings is 1. The molecule has 160 valence electrons. The smallest absolute Gasteiger partial charge is 0.141 e. The number of rotatable bonds is 2. The predicted molar refractivity (Wildman–Crippen MR) is 108 cm³/mol. The molecule has 0 aliphatic carbocycles. The van der Waals surface area contributed by atoms with E-state index in [4.69, 9.17) is 21.1 Å². The summed E-state index contributed by atoms with van der Waals surface area (Å²) in [6, 6.07) is 4.42. The fourth-order valence-electron chi connectivity index (χ4n) is 5.49. The maximum atomic E-state index is 10.9. The molecule has 3 unspecified atom stereocenters. The van der Waals surface area contributed by atoms with E-state index in [2.05, 4.69) is 22.5 Å². The van der Waals surface area contributed by atoms with Crippen molar-refractivity contribution < 1.29 is 19.7 Å². The van der Waals surface area contributed by atoms with Crippen LogP contribution in [0.1, 0.15) is 36.1 Å². The number of aliphatic hydroxyl groups is 2. The molecule has 4 heterocycles. The van der Waals surface area contributed by atoms with Gasteiger partial charge in [0.2, 0.25) is 0 Å². The molecule has 0 amide bonds. The molecular weight excluding hydrogens is 394 g/mol. The monoisotopic (exact) mass is 423 g/mol. The van der Waals surface area contributed by atoms with Crippen LogP contribution in [0.25, 0.3) is 0 Å². The predicted octanol–water partition coefficient (Wildman–Crippen LogP) is 0.896. The molecule has 4 N–H and O–H groups in total. The van der Waals surface area contributed by atoms with Gasteiger partial charge >= 0.3 is 0 Å². The number of aryl methyl sites for hydroxylation is 1. The van der Waals surface area contributed by atoms with Gasteiger partial charge in [0, 0.05) is 30.2 Å². The topological polar surface area (TPSA) is 86.2 Å². The first-order valence-electron chi connectivity index (χ1n) is 10.6. The Labute approximate surface area is 176 Å². The Kier molecular flexibility index (Phi) is 5.37. The normalized spacial score (nSPS) is 42.7. The third-order valence-corrected chi connectivity index (χ3v) is 7.56. The lowest BCUT2D eigenvalue weighted by Crippen LogP contribution is -2.61. The molecule has 3 saturated heterocycles. The molecule has 29 heavy (non-hydrogen) atoms. The van der Waals surface area contributed by atoms with Crippen LogP contribution in [-0.4, -0.2) is 71.7 Å². The zero-order valence-corrected chi connectivity index (χ0v) is 17.6. The Balaban J connectivity index is 1.39. The van der Waals surface area contributed by atoms with Crippen molar-refractivity contribution in [1.82, 2.24) is 15.5 Å². The van der Waals surface area contributed by atoms with Crippen molar-refractivity contribution in [3.05, 3.63) is 33.8 Å². The largest absolute Gasteiger partial charge is 0.387 e. The molecule has 0 bridgehead atoms. The maximum absolute atomic E-state index is 10.9. The summed E-state index contributed by atoms with van der Waals surface area (Å²) < 4.78 is 12.4. The quantitative estimate of drug-likeness (QED) is 0.562. The van der Waals surface area contributed by atoms with Crippen LogP contribution in [0.15, 0.2) is 12.1 Å². The number of hydrogen-bond acceptors (Lipinski definition) is 7. The van der Waals surface area contributed by atoms with Crippen molar-refractivity contribution in [3.63, 3.8) is 0 Å². The van der Waals surface area contributed by atoms with Crippen LogP contribution in [0, 0.1) is 12.8 Å². The minimum Gasteiger partial charge on any atom is -0.387 e. The third-order valence-electron chi connectivity index (χ3n) is 7.16. The molecule has 4 aliphatic heterocycles. The second-order valence-electron chi connectivity index (χ2n) is 8.82. The second-order valence-corrected chi connectivity index (χ2v) is 9.23. The molecule has 3 fully saturated rings. The zero-order chi connectivity index (χ0) is 20.3. The van der Waals surface area contributed by atoms with E-state index in [0.717, 1.165) is 47.8 Å². The summed E-state index contributed by atoms with van der Waals surface area (Å²) in [5, 5.41) is 29.5. The van der Waals surface area contributed by atoms with Crippen LogP contribution in [0.3, 0.4) is 0 Å². The van der Waals surface area contributed by atoms with Gasteiger partial charge in [0.25, 0.3) is 0 Å². The van der Waals surface area contributed by atoms with Crippen molar-refractivity contribution in [1.29, 1.82) is 0 Å². The fourth-order valence-corrected chi connectivity index (χ4v) is 5.67.